The third kappa shape index (κ3) is 5.61. The van der Waals surface area contributed by atoms with Gasteiger partial charge in [0.05, 0.1) is 33.1 Å². The van der Waals surface area contributed by atoms with Crippen molar-refractivity contribution in [3.63, 3.8) is 0 Å². The Balaban J connectivity index is 1.87. The van der Waals surface area contributed by atoms with Crippen LogP contribution in [0.4, 0.5) is 0 Å². The van der Waals surface area contributed by atoms with Gasteiger partial charge in [-0.1, -0.05) is 30.3 Å². The average molecular weight is 462 g/mol. The van der Waals surface area contributed by atoms with Gasteiger partial charge in [0.2, 0.25) is 5.75 Å². The molecule has 1 aliphatic rings. The van der Waals surface area contributed by atoms with Gasteiger partial charge in [0.15, 0.2) is 17.3 Å². The zero-order valence-electron chi connectivity index (χ0n) is 19.0. The quantitative estimate of drug-likeness (QED) is 0.544. The van der Waals surface area contributed by atoms with Crippen LogP contribution in [0, 0.1) is 5.41 Å². The lowest BCUT2D eigenvalue weighted by atomic mass is 9.76. The van der Waals surface area contributed by atoms with E-state index in [1.165, 1.54) is 27.6 Å². The predicted octanol–water partition coefficient (Wildman–Crippen LogP) is 2.92. The normalized spacial score (nSPS) is 20.7. The van der Waals surface area contributed by atoms with E-state index < -0.39 is 15.9 Å². The van der Waals surface area contributed by atoms with E-state index in [1.54, 1.807) is 12.1 Å². The molecule has 1 fully saturated rings. The van der Waals surface area contributed by atoms with Crippen molar-refractivity contribution >= 4 is 15.6 Å². The molecule has 0 aliphatic carbocycles. The van der Waals surface area contributed by atoms with Gasteiger partial charge in [-0.15, -0.1) is 0 Å². The van der Waals surface area contributed by atoms with Crippen LogP contribution in [0.15, 0.2) is 42.5 Å². The molecule has 1 N–H and O–H groups in total. The number of nitrogens with one attached hydrogen (secondary N) is 1. The average Bonchev–Trinajstić information content (AvgIpc) is 3.20. The molecule has 0 radical (unpaired) electrons. The lowest BCUT2D eigenvalue weighted by Gasteiger charge is -2.28. The number of carbonyl (C=O) groups excluding carboxylic acids is 1. The molecule has 32 heavy (non-hydrogen) atoms. The Morgan fingerprint density at radius 1 is 1.06 bits per heavy atom. The number of ether oxygens (including phenoxy) is 3. The molecule has 1 saturated heterocycles. The van der Waals surface area contributed by atoms with Crippen LogP contribution in [0.5, 0.6) is 17.2 Å². The minimum Gasteiger partial charge on any atom is -0.493 e. The van der Waals surface area contributed by atoms with Crippen molar-refractivity contribution < 1.29 is 27.4 Å². The fraction of sp³-hybridized carbons (Fsp3) is 0.458. The number of benzene rings is 2. The zero-order valence-corrected chi connectivity index (χ0v) is 19.8. The predicted molar refractivity (Wildman–Crippen MR) is 124 cm³/mol. The van der Waals surface area contributed by atoms with Gasteiger partial charge in [0.25, 0.3) is 0 Å². The molecule has 2 aromatic carbocycles. The van der Waals surface area contributed by atoms with E-state index in [9.17, 15) is 13.2 Å². The number of hydrogen-bond acceptors (Lipinski definition) is 7. The van der Waals surface area contributed by atoms with E-state index in [1.807, 2.05) is 30.3 Å². The van der Waals surface area contributed by atoms with Crippen LogP contribution in [0.3, 0.4) is 0 Å². The highest BCUT2D eigenvalue weighted by atomic mass is 32.2. The first-order chi connectivity index (χ1) is 15.2. The van der Waals surface area contributed by atoms with Gasteiger partial charge in [-0.25, -0.2) is 8.42 Å². The van der Waals surface area contributed by atoms with E-state index in [-0.39, 0.29) is 17.0 Å². The molecule has 174 valence electrons. The summed E-state index contributed by atoms with van der Waals surface area (Å²) >= 11 is 0. The largest absolute Gasteiger partial charge is 0.493 e. The standard InChI is InChI=1S/C24H31NO6S/c1-29-20-12-18(13-21(30-2)23(20)31-3)22(26)19-15-24(16-25-19,10-11-32(4,27)28)14-17-8-6-5-7-9-17/h5-9,12-13,19,25H,10-11,14-16H2,1-4H3. The first kappa shape index (κ1) is 24.1. The third-order valence-corrected chi connectivity index (χ3v) is 7.00. The van der Waals surface area contributed by atoms with E-state index in [4.69, 9.17) is 14.2 Å². The Labute approximate surface area is 190 Å². The summed E-state index contributed by atoms with van der Waals surface area (Å²) in [7, 11) is 1.42. The van der Waals surface area contributed by atoms with Crippen LogP contribution in [-0.2, 0) is 16.3 Å². The third-order valence-electron chi connectivity index (χ3n) is 6.05. The summed E-state index contributed by atoms with van der Waals surface area (Å²) in [4.78, 5) is 13.4. The molecule has 1 aliphatic heterocycles. The molecule has 0 spiro atoms. The number of ketones is 1. The Hall–Kier alpha value is -2.58. The van der Waals surface area contributed by atoms with Crippen LogP contribution < -0.4 is 19.5 Å². The van der Waals surface area contributed by atoms with Crippen molar-refractivity contribution in [1.82, 2.24) is 5.32 Å². The summed E-state index contributed by atoms with van der Waals surface area (Å²) < 4.78 is 39.9. The van der Waals surface area contributed by atoms with Gasteiger partial charge in [-0.05, 0) is 42.4 Å². The van der Waals surface area contributed by atoms with Gasteiger partial charge in [-0.3, -0.25) is 4.79 Å². The minimum atomic E-state index is -3.12. The van der Waals surface area contributed by atoms with Crippen LogP contribution in [0.1, 0.15) is 28.8 Å². The Bertz CT molecular complexity index is 1030. The lowest BCUT2D eigenvalue weighted by molar-refractivity contribution is 0.0944. The summed E-state index contributed by atoms with van der Waals surface area (Å²) in [5.74, 6) is 1.27. The molecule has 1 heterocycles. The molecule has 7 nitrogen and oxygen atoms in total. The van der Waals surface area contributed by atoms with Gasteiger partial charge in [0, 0.05) is 18.4 Å². The van der Waals surface area contributed by atoms with Crippen LogP contribution in [0.2, 0.25) is 0 Å². The van der Waals surface area contributed by atoms with Crippen molar-refractivity contribution in [2.24, 2.45) is 5.41 Å². The first-order valence-corrected chi connectivity index (χ1v) is 12.6. The van der Waals surface area contributed by atoms with Gasteiger partial charge >= 0.3 is 0 Å². The van der Waals surface area contributed by atoms with Crippen molar-refractivity contribution in [2.75, 3.05) is 39.9 Å². The number of carbonyl (C=O) groups is 1. The summed E-state index contributed by atoms with van der Waals surface area (Å²) in [6.45, 7) is 0.568. The lowest BCUT2D eigenvalue weighted by Crippen LogP contribution is -2.30. The van der Waals surface area contributed by atoms with Crippen molar-refractivity contribution in [1.29, 1.82) is 0 Å². The SMILES string of the molecule is COc1cc(C(=O)C2CC(CCS(C)(=O)=O)(Cc3ccccc3)CN2)cc(OC)c1OC. The Morgan fingerprint density at radius 3 is 2.22 bits per heavy atom. The molecule has 8 heteroatoms. The molecular formula is C24H31NO6S. The monoisotopic (exact) mass is 461 g/mol. The van der Waals surface area contributed by atoms with E-state index in [0.717, 1.165) is 5.56 Å². The number of sulfone groups is 1. The summed E-state index contributed by atoms with van der Waals surface area (Å²) in [5.41, 5.74) is 1.25. The Morgan fingerprint density at radius 2 is 1.69 bits per heavy atom. The second-order valence-corrected chi connectivity index (χ2v) is 10.7. The molecule has 0 aromatic heterocycles. The van der Waals surface area contributed by atoms with Crippen molar-refractivity contribution in [3.8, 4) is 17.2 Å². The number of Topliss-reactive ketones (excluding diaryl/α,β-unsaturated/α-hetero) is 1. The first-order valence-electron chi connectivity index (χ1n) is 10.5. The molecule has 2 aromatic rings. The molecule has 3 rings (SSSR count). The molecule has 0 amide bonds. The fourth-order valence-corrected chi connectivity index (χ4v) is 5.18. The highest BCUT2D eigenvalue weighted by Crippen LogP contribution is 2.41. The van der Waals surface area contributed by atoms with Crippen molar-refractivity contribution in [3.05, 3.63) is 53.6 Å². The highest BCUT2D eigenvalue weighted by molar-refractivity contribution is 7.90. The summed E-state index contributed by atoms with van der Waals surface area (Å²) in [5, 5.41) is 3.35. The number of methoxy groups -OCH3 is 3. The summed E-state index contributed by atoms with van der Waals surface area (Å²) in [6.07, 6.45) is 3.00. The second kappa shape index (κ2) is 9.92. The molecule has 2 atom stereocenters. The molecule has 2 unspecified atom stereocenters. The van der Waals surface area contributed by atoms with E-state index >= 15 is 0 Å². The second-order valence-electron chi connectivity index (χ2n) is 8.46. The maximum atomic E-state index is 13.4. The Kier molecular flexibility index (Phi) is 7.46. The maximum absolute atomic E-state index is 13.4. The molecular weight excluding hydrogens is 430 g/mol. The molecule has 0 bridgehead atoms. The van der Waals surface area contributed by atoms with Gasteiger partial charge in [0.1, 0.15) is 9.84 Å². The van der Waals surface area contributed by atoms with Crippen LogP contribution >= 0.6 is 0 Å². The summed E-state index contributed by atoms with van der Waals surface area (Å²) in [6, 6.07) is 12.9. The smallest absolute Gasteiger partial charge is 0.203 e. The van der Waals surface area contributed by atoms with Crippen molar-refractivity contribution in [2.45, 2.75) is 25.3 Å². The maximum Gasteiger partial charge on any atom is 0.203 e. The topological polar surface area (TPSA) is 90.9 Å². The number of hydrogen-bond donors (Lipinski definition) is 1. The van der Waals surface area contributed by atoms with Gasteiger partial charge in [-0.2, -0.15) is 0 Å². The minimum absolute atomic E-state index is 0.0847. The fourth-order valence-electron chi connectivity index (χ4n) is 4.37. The van der Waals surface area contributed by atoms with Gasteiger partial charge < -0.3 is 19.5 Å². The number of rotatable bonds is 10. The zero-order chi connectivity index (χ0) is 23.4. The molecule has 0 saturated carbocycles. The van der Waals surface area contributed by atoms with E-state index in [0.29, 0.717) is 48.6 Å². The van der Waals surface area contributed by atoms with Crippen LogP contribution in [0.25, 0.3) is 0 Å². The van der Waals surface area contributed by atoms with Crippen LogP contribution in [-0.4, -0.2) is 60.1 Å². The highest BCUT2D eigenvalue weighted by Gasteiger charge is 2.42. The van der Waals surface area contributed by atoms with E-state index in [2.05, 4.69) is 5.32 Å².